The number of unbranched alkanes of at least 4 members (excludes halogenated alkanes) is 38. The van der Waals surface area contributed by atoms with Crippen molar-refractivity contribution in [2.45, 2.75) is 341 Å². The molecule has 0 saturated carbocycles. The van der Waals surface area contributed by atoms with Crippen molar-refractivity contribution in [1.82, 2.24) is 0 Å². The van der Waals surface area contributed by atoms with E-state index in [-0.39, 0.29) is 25.9 Å². The number of phosphoric acid groups is 1. The molecule has 0 saturated heterocycles. The summed E-state index contributed by atoms with van der Waals surface area (Å²) in [4.78, 5) is 48.8. The maximum absolute atomic E-state index is 13.0. The highest BCUT2D eigenvalue weighted by atomic mass is 31.2. The van der Waals surface area contributed by atoms with Gasteiger partial charge >= 0.3 is 25.7 Å². The summed E-state index contributed by atoms with van der Waals surface area (Å²) in [5.41, 5.74) is 0. The standard InChI is InChI=1S/C68H125O11P/c1-4-7-10-13-16-19-22-25-28-31-32-35-36-39-42-45-48-51-54-57-66(70)75-61-65(79-68(72)59-56-53-50-47-44-41-38-34-30-27-24-21-18-15-12-9-6-3)63-77-80(73,74)76-62-64(60-69)78-67(71)58-55-52-49-46-43-40-37-33-29-26-23-20-17-14-11-8-5-2/h17-18,20-21,26-27,29-30,64-65,69H,4-16,19,22-25,28,31-63H2,1-3H3,(H,73,74)/b20-17-,21-18-,29-26-,30-27-. The minimum Gasteiger partial charge on any atom is -0.462 e. The Hall–Kier alpha value is -2.56. The van der Waals surface area contributed by atoms with Crippen molar-refractivity contribution < 1.29 is 52.2 Å². The fraction of sp³-hybridized carbons (Fsp3) is 0.838. The van der Waals surface area contributed by atoms with Crippen LogP contribution in [-0.4, -0.2) is 66.5 Å². The fourth-order valence-electron chi connectivity index (χ4n) is 9.60. The van der Waals surface area contributed by atoms with Gasteiger partial charge in [-0.2, -0.15) is 0 Å². The molecule has 2 N–H and O–H groups in total. The number of ether oxygens (including phenoxy) is 3. The smallest absolute Gasteiger partial charge is 0.462 e. The number of aliphatic hydroxyl groups excluding tert-OH is 1. The fourth-order valence-corrected chi connectivity index (χ4v) is 10.4. The summed E-state index contributed by atoms with van der Waals surface area (Å²) in [6.45, 7) is 4.65. The Morgan fingerprint density at radius 3 is 0.950 bits per heavy atom. The molecule has 0 aromatic rings. The molecular formula is C68H125O11P. The van der Waals surface area contributed by atoms with Gasteiger partial charge in [0.05, 0.1) is 19.8 Å². The van der Waals surface area contributed by atoms with Crippen molar-refractivity contribution >= 4 is 25.7 Å². The van der Waals surface area contributed by atoms with E-state index >= 15 is 0 Å². The van der Waals surface area contributed by atoms with Crippen molar-refractivity contribution in [2.24, 2.45) is 0 Å². The summed E-state index contributed by atoms with van der Waals surface area (Å²) in [7, 11) is -4.76. The molecule has 0 amide bonds. The number of phosphoric ester groups is 1. The topological polar surface area (TPSA) is 155 Å². The third-order valence-electron chi connectivity index (χ3n) is 14.7. The molecule has 0 radical (unpaired) electrons. The highest BCUT2D eigenvalue weighted by molar-refractivity contribution is 7.47. The predicted molar refractivity (Wildman–Crippen MR) is 335 cm³/mol. The summed E-state index contributed by atoms with van der Waals surface area (Å²) in [5.74, 6) is -1.46. The van der Waals surface area contributed by atoms with E-state index in [1.54, 1.807) is 0 Å². The quantitative estimate of drug-likeness (QED) is 0.0197. The van der Waals surface area contributed by atoms with Gasteiger partial charge < -0.3 is 24.2 Å². The molecule has 0 spiro atoms. The van der Waals surface area contributed by atoms with Crippen LogP contribution < -0.4 is 0 Å². The van der Waals surface area contributed by atoms with Crippen molar-refractivity contribution in [3.05, 3.63) is 48.6 Å². The second-order valence-electron chi connectivity index (χ2n) is 22.6. The zero-order valence-electron chi connectivity index (χ0n) is 52.1. The number of hydrogen-bond acceptors (Lipinski definition) is 10. The molecule has 468 valence electrons. The maximum Gasteiger partial charge on any atom is 0.472 e. The molecule has 0 aliphatic carbocycles. The molecular weight excluding hydrogens is 1020 g/mol. The number of carbonyl (C=O) groups excluding carboxylic acids is 3. The van der Waals surface area contributed by atoms with Gasteiger partial charge in [-0.3, -0.25) is 23.4 Å². The van der Waals surface area contributed by atoms with Crippen LogP contribution in [0, 0.1) is 0 Å². The summed E-state index contributed by atoms with van der Waals surface area (Å²) >= 11 is 0. The summed E-state index contributed by atoms with van der Waals surface area (Å²) in [6, 6.07) is 0. The Bertz CT molecular complexity index is 1530. The van der Waals surface area contributed by atoms with Crippen LogP contribution in [0.2, 0.25) is 0 Å². The monoisotopic (exact) mass is 1150 g/mol. The zero-order chi connectivity index (χ0) is 58.3. The molecule has 0 aromatic heterocycles. The third-order valence-corrected chi connectivity index (χ3v) is 15.7. The number of carbonyl (C=O) groups is 3. The average molecular weight is 1150 g/mol. The van der Waals surface area contributed by atoms with Crippen LogP contribution >= 0.6 is 7.82 Å². The molecule has 0 aliphatic heterocycles. The molecule has 0 heterocycles. The second-order valence-corrected chi connectivity index (χ2v) is 24.1. The first-order valence-electron chi connectivity index (χ1n) is 33.5. The van der Waals surface area contributed by atoms with Crippen molar-refractivity contribution in [3.63, 3.8) is 0 Å². The summed E-state index contributed by atoms with van der Waals surface area (Å²) in [5, 5.41) is 9.86. The minimum absolute atomic E-state index is 0.161. The average Bonchev–Trinajstić information content (AvgIpc) is 3.45. The number of esters is 3. The lowest BCUT2D eigenvalue weighted by Gasteiger charge is -2.21. The molecule has 11 nitrogen and oxygen atoms in total. The van der Waals surface area contributed by atoms with Gasteiger partial charge in [0.1, 0.15) is 12.7 Å². The van der Waals surface area contributed by atoms with Gasteiger partial charge in [-0.05, 0) is 83.5 Å². The molecule has 80 heavy (non-hydrogen) atoms. The van der Waals surface area contributed by atoms with Crippen LogP contribution in [0.15, 0.2) is 48.6 Å². The van der Waals surface area contributed by atoms with Crippen LogP contribution in [0.25, 0.3) is 0 Å². The highest BCUT2D eigenvalue weighted by Gasteiger charge is 2.28. The van der Waals surface area contributed by atoms with E-state index in [1.807, 2.05) is 0 Å². The Balaban J connectivity index is 4.67. The van der Waals surface area contributed by atoms with Crippen LogP contribution in [-0.2, 0) is 42.2 Å². The van der Waals surface area contributed by atoms with Gasteiger partial charge in [-0.1, -0.05) is 275 Å². The van der Waals surface area contributed by atoms with Crippen molar-refractivity contribution in [1.29, 1.82) is 0 Å². The first-order valence-corrected chi connectivity index (χ1v) is 35.0. The van der Waals surface area contributed by atoms with Gasteiger partial charge in [0.2, 0.25) is 0 Å². The van der Waals surface area contributed by atoms with Crippen LogP contribution in [0.4, 0.5) is 0 Å². The first kappa shape index (κ1) is 77.4. The predicted octanol–water partition coefficient (Wildman–Crippen LogP) is 20.5. The molecule has 0 bridgehead atoms. The third kappa shape index (κ3) is 60.0. The lowest BCUT2D eigenvalue weighted by molar-refractivity contribution is -0.161. The molecule has 3 atom stereocenters. The lowest BCUT2D eigenvalue weighted by Crippen LogP contribution is -2.30. The second kappa shape index (κ2) is 62.5. The SMILES string of the molecule is CCCCC/C=C\C/C=C\CCCCCCCCCC(=O)OC(CO)COP(=O)(O)OCC(COC(=O)CCCCCCCCCCCCCCCCCCCCC)OC(=O)CCCCCCCCC/C=C\C/C=C\CCCCC. The molecule has 0 aromatic carbocycles. The zero-order valence-corrected chi connectivity index (χ0v) is 53.0. The molecule has 12 heteroatoms. The number of allylic oxidation sites excluding steroid dienone is 8. The Morgan fingerprint density at radius 2 is 0.613 bits per heavy atom. The van der Waals surface area contributed by atoms with Gasteiger partial charge in [0, 0.05) is 19.3 Å². The number of aliphatic hydroxyl groups is 1. The van der Waals surface area contributed by atoms with E-state index in [9.17, 15) is 28.9 Å². The van der Waals surface area contributed by atoms with E-state index in [0.717, 1.165) is 96.3 Å². The Morgan fingerprint density at radius 1 is 0.350 bits per heavy atom. The maximum atomic E-state index is 13.0. The first-order chi connectivity index (χ1) is 39.2. The van der Waals surface area contributed by atoms with E-state index in [0.29, 0.717) is 19.3 Å². The van der Waals surface area contributed by atoms with Crippen molar-refractivity contribution in [3.8, 4) is 0 Å². The van der Waals surface area contributed by atoms with E-state index in [1.165, 1.54) is 173 Å². The van der Waals surface area contributed by atoms with Gasteiger partial charge in [0.15, 0.2) is 6.10 Å². The Labute approximate surface area is 492 Å². The van der Waals surface area contributed by atoms with Crippen LogP contribution in [0.5, 0.6) is 0 Å². The summed E-state index contributed by atoms with van der Waals surface area (Å²) in [6.07, 6.45) is 69.1. The normalized spacial score (nSPS) is 13.5. The Kier molecular flexibility index (Phi) is 60.5. The molecule has 0 aliphatic rings. The largest absolute Gasteiger partial charge is 0.472 e. The van der Waals surface area contributed by atoms with Crippen molar-refractivity contribution in [2.75, 3.05) is 26.4 Å². The highest BCUT2D eigenvalue weighted by Crippen LogP contribution is 2.43. The minimum atomic E-state index is -4.76. The molecule has 0 rings (SSSR count). The number of hydrogen-bond donors (Lipinski definition) is 2. The van der Waals surface area contributed by atoms with E-state index in [4.69, 9.17) is 23.3 Å². The van der Waals surface area contributed by atoms with E-state index < -0.39 is 57.8 Å². The lowest BCUT2D eigenvalue weighted by atomic mass is 10.0. The summed E-state index contributed by atoms with van der Waals surface area (Å²) < 4.78 is 39.7. The molecule has 3 unspecified atom stereocenters. The van der Waals surface area contributed by atoms with Gasteiger partial charge in [-0.15, -0.1) is 0 Å². The van der Waals surface area contributed by atoms with E-state index in [2.05, 4.69) is 69.4 Å². The number of rotatable bonds is 63. The van der Waals surface area contributed by atoms with Gasteiger partial charge in [0.25, 0.3) is 0 Å². The van der Waals surface area contributed by atoms with Gasteiger partial charge in [-0.25, -0.2) is 4.57 Å². The van der Waals surface area contributed by atoms with Crippen LogP contribution in [0.3, 0.4) is 0 Å². The van der Waals surface area contributed by atoms with Crippen LogP contribution in [0.1, 0.15) is 329 Å². The molecule has 0 fully saturated rings.